The lowest BCUT2D eigenvalue weighted by Gasteiger charge is -2.04. The minimum atomic E-state index is 0.0739. The van der Waals surface area contributed by atoms with Gasteiger partial charge in [-0.05, 0) is 55.7 Å². The van der Waals surface area contributed by atoms with Crippen molar-refractivity contribution in [1.29, 1.82) is 0 Å². The quantitative estimate of drug-likeness (QED) is 0.412. The second-order valence-electron chi connectivity index (χ2n) is 7.24. The normalized spacial score (nSPS) is 13.6. The zero-order valence-electron chi connectivity index (χ0n) is 16.1. The van der Waals surface area contributed by atoms with Gasteiger partial charge in [0.05, 0.1) is 6.54 Å². The van der Waals surface area contributed by atoms with Crippen molar-refractivity contribution < 1.29 is 9.36 Å². The number of nitrogens with one attached hydrogen (secondary N) is 1. The lowest BCUT2D eigenvalue weighted by molar-refractivity contribution is -0.710. The van der Waals surface area contributed by atoms with E-state index in [1.54, 1.807) is 0 Å². The number of halogens is 2. The first kappa shape index (κ1) is 20.1. The molecule has 0 amide bonds. The van der Waals surface area contributed by atoms with Crippen molar-refractivity contribution in [3.05, 3.63) is 75.2 Å². The largest absolute Gasteiger partial charge is 0.375 e. The van der Waals surface area contributed by atoms with Crippen molar-refractivity contribution in [2.24, 2.45) is 0 Å². The van der Waals surface area contributed by atoms with Crippen LogP contribution in [-0.2, 0) is 26.1 Å². The molecule has 1 aromatic heterocycles. The van der Waals surface area contributed by atoms with Gasteiger partial charge in [0.15, 0.2) is 12.3 Å². The molecule has 0 bridgehead atoms. The molecule has 1 N–H and O–H groups in total. The number of ketones is 1. The summed E-state index contributed by atoms with van der Waals surface area (Å²) >= 11 is 9.39. The third kappa shape index (κ3) is 4.87. The molecule has 0 saturated carbocycles. The van der Waals surface area contributed by atoms with Crippen molar-refractivity contribution >= 4 is 39.0 Å². The number of rotatable bonds is 6. The number of anilines is 1. The van der Waals surface area contributed by atoms with Crippen LogP contribution in [0.3, 0.4) is 0 Å². The summed E-state index contributed by atoms with van der Waals surface area (Å²) in [4.78, 5) is 12.8. The summed E-state index contributed by atoms with van der Waals surface area (Å²) in [5, 5.41) is 8.95. The van der Waals surface area contributed by atoms with E-state index >= 15 is 0 Å². The van der Waals surface area contributed by atoms with E-state index in [0.717, 1.165) is 52.6 Å². The van der Waals surface area contributed by atoms with Gasteiger partial charge < -0.3 is 5.32 Å². The number of hydrogen-bond acceptors (Lipinski definition) is 3. The topological polar surface area (TPSA) is 50.8 Å². The highest BCUT2D eigenvalue weighted by Crippen LogP contribution is 2.16. The summed E-state index contributed by atoms with van der Waals surface area (Å²) in [7, 11) is 0. The Labute approximate surface area is 183 Å². The highest BCUT2D eigenvalue weighted by molar-refractivity contribution is 9.10. The molecule has 0 radical (unpaired) electrons. The first-order valence-corrected chi connectivity index (χ1v) is 11.0. The Bertz CT molecular complexity index is 999. The van der Waals surface area contributed by atoms with E-state index in [-0.39, 0.29) is 12.3 Å². The predicted octanol–water partition coefficient (Wildman–Crippen LogP) is 4.81. The smallest absolute Gasteiger partial charge is 0.296 e. The molecule has 0 spiro atoms. The molecule has 2 heterocycles. The highest BCUT2D eigenvalue weighted by atomic mass is 79.9. The predicted molar refractivity (Wildman–Crippen MR) is 117 cm³/mol. The van der Waals surface area contributed by atoms with Crippen LogP contribution < -0.4 is 9.88 Å². The minimum absolute atomic E-state index is 0.0739. The fraction of sp³-hybridized carbons (Fsp3) is 0.318. The highest BCUT2D eigenvalue weighted by Gasteiger charge is 2.28. The lowest BCUT2D eigenvalue weighted by Crippen LogP contribution is -2.41. The molecule has 4 rings (SSSR count). The maximum Gasteiger partial charge on any atom is 0.296 e. The van der Waals surface area contributed by atoms with Gasteiger partial charge in [-0.3, -0.25) is 4.79 Å². The van der Waals surface area contributed by atoms with Gasteiger partial charge in [-0.15, -0.1) is 4.68 Å². The average molecular weight is 475 g/mol. The van der Waals surface area contributed by atoms with Gasteiger partial charge in [0.1, 0.15) is 6.54 Å². The molecule has 1 aliphatic rings. The second kappa shape index (κ2) is 9.09. The molecule has 1 aliphatic heterocycles. The first-order valence-electron chi connectivity index (χ1n) is 9.87. The number of carbonyl (C=O) groups is 1. The molecule has 7 heteroatoms. The van der Waals surface area contributed by atoms with Gasteiger partial charge in [-0.1, -0.05) is 39.7 Å². The van der Waals surface area contributed by atoms with Crippen molar-refractivity contribution in [3.63, 3.8) is 0 Å². The van der Waals surface area contributed by atoms with Crippen LogP contribution >= 0.6 is 27.5 Å². The van der Waals surface area contributed by atoms with Crippen molar-refractivity contribution in [1.82, 2.24) is 9.78 Å². The van der Waals surface area contributed by atoms with Crippen LogP contribution in [0.25, 0.3) is 0 Å². The number of hydrogen-bond donors (Lipinski definition) is 1. The first-order chi connectivity index (χ1) is 14.1. The summed E-state index contributed by atoms with van der Waals surface area (Å²) in [6.45, 7) is 1.81. The molecule has 0 fully saturated rings. The fourth-order valence-corrected chi connectivity index (χ4v) is 4.05. The molecule has 0 saturated heterocycles. The summed E-state index contributed by atoms with van der Waals surface area (Å²) in [5.74, 6) is 2.17. The maximum absolute atomic E-state index is 12.8. The molecular formula is C22H23BrClN4O+. The SMILES string of the molecule is O=C(Cn1nc(CNc2ccc(Cl)cc2)[n+]2c1CCCCC2)c1ccc(Br)cc1. The van der Waals surface area contributed by atoms with Gasteiger partial charge in [0.2, 0.25) is 5.82 Å². The average Bonchev–Trinajstić information content (AvgIpc) is 2.89. The third-order valence-corrected chi connectivity index (χ3v) is 5.97. The zero-order chi connectivity index (χ0) is 20.2. The van der Waals surface area contributed by atoms with Crippen molar-refractivity contribution in [3.8, 4) is 0 Å². The zero-order valence-corrected chi connectivity index (χ0v) is 18.4. The van der Waals surface area contributed by atoms with E-state index < -0.39 is 0 Å². The number of fused-ring (bicyclic) bond motifs is 1. The monoisotopic (exact) mass is 473 g/mol. The Balaban J connectivity index is 1.56. The summed E-state index contributed by atoms with van der Waals surface area (Å²) in [5.41, 5.74) is 1.70. The molecule has 0 unspecified atom stereocenters. The van der Waals surface area contributed by atoms with E-state index in [0.29, 0.717) is 12.1 Å². The molecule has 29 heavy (non-hydrogen) atoms. The van der Waals surface area contributed by atoms with Crippen LogP contribution in [-0.4, -0.2) is 15.6 Å². The Hall–Kier alpha value is -2.18. The Morgan fingerprint density at radius 1 is 1.10 bits per heavy atom. The van der Waals surface area contributed by atoms with E-state index in [2.05, 4.69) is 25.8 Å². The van der Waals surface area contributed by atoms with E-state index in [1.807, 2.05) is 53.2 Å². The molecule has 2 aromatic carbocycles. The lowest BCUT2D eigenvalue weighted by atomic mass is 10.1. The van der Waals surface area contributed by atoms with E-state index in [9.17, 15) is 4.79 Å². The number of nitrogens with zero attached hydrogens (tertiary/aromatic N) is 3. The van der Waals surface area contributed by atoms with Gasteiger partial charge in [-0.2, -0.15) is 0 Å². The minimum Gasteiger partial charge on any atom is -0.375 e. The standard InChI is InChI=1S/C22H23BrClN4O/c23-17-7-5-16(6-8-17)20(29)15-28-22-4-2-1-3-13-27(22)21(26-28)14-25-19-11-9-18(24)10-12-19/h5-12,25H,1-4,13-15H2/q+1. The molecule has 3 aromatic rings. The van der Waals surface area contributed by atoms with Crippen LogP contribution in [0.5, 0.6) is 0 Å². The van der Waals surface area contributed by atoms with Crippen LogP contribution in [0.2, 0.25) is 5.02 Å². The van der Waals surface area contributed by atoms with Gasteiger partial charge in [0.25, 0.3) is 5.82 Å². The van der Waals surface area contributed by atoms with E-state index in [4.69, 9.17) is 16.7 Å². The number of Topliss-reactive ketones (excluding diaryl/α,β-unsaturated/α-hetero) is 1. The molecule has 5 nitrogen and oxygen atoms in total. The van der Waals surface area contributed by atoms with Gasteiger partial charge >= 0.3 is 0 Å². The Kier molecular flexibility index (Phi) is 6.31. The van der Waals surface area contributed by atoms with Gasteiger partial charge in [-0.25, -0.2) is 4.57 Å². The molecule has 150 valence electrons. The molecular weight excluding hydrogens is 452 g/mol. The van der Waals surface area contributed by atoms with Crippen molar-refractivity contribution in [2.75, 3.05) is 5.32 Å². The van der Waals surface area contributed by atoms with E-state index in [1.165, 1.54) is 6.42 Å². The summed E-state index contributed by atoms with van der Waals surface area (Å²) in [6, 6.07) is 15.1. The Morgan fingerprint density at radius 3 is 2.62 bits per heavy atom. The fourth-order valence-electron chi connectivity index (χ4n) is 3.66. The number of aromatic nitrogens is 3. The Morgan fingerprint density at radius 2 is 1.86 bits per heavy atom. The van der Waals surface area contributed by atoms with Crippen LogP contribution in [0, 0.1) is 0 Å². The van der Waals surface area contributed by atoms with Gasteiger partial charge in [0, 0.05) is 32.3 Å². The summed E-state index contributed by atoms with van der Waals surface area (Å²) in [6.07, 6.45) is 4.41. The third-order valence-electron chi connectivity index (χ3n) is 5.19. The number of carbonyl (C=O) groups excluding carboxylic acids is 1. The van der Waals surface area contributed by atoms with Crippen LogP contribution in [0.1, 0.15) is 41.3 Å². The second-order valence-corrected chi connectivity index (χ2v) is 8.60. The van der Waals surface area contributed by atoms with Crippen LogP contribution in [0.15, 0.2) is 53.0 Å². The van der Waals surface area contributed by atoms with Crippen molar-refractivity contribution in [2.45, 2.75) is 45.3 Å². The molecule has 0 atom stereocenters. The molecule has 0 aliphatic carbocycles. The summed E-state index contributed by atoms with van der Waals surface area (Å²) < 4.78 is 5.15. The van der Waals surface area contributed by atoms with Crippen LogP contribution in [0.4, 0.5) is 5.69 Å². The maximum atomic E-state index is 12.8. The number of benzene rings is 2.